The molecule has 1 atom stereocenters. The second kappa shape index (κ2) is 8.33. The van der Waals surface area contributed by atoms with Gasteiger partial charge in [0.1, 0.15) is 12.4 Å². The lowest BCUT2D eigenvalue weighted by Crippen LogP contribution is -2.43. The fraction of sp³-hybridized carbons (Fsp3) is 0.389. The van der Waals surface area contributed by atoms with Gasteiger partial charge in [0.15, 0.2) is 10.9 Å². The number of nitrogens with two attached hydrogens (primary N) is 1. The maximum absolute atomic E-state index is 10.7. The maximum Gasteiger partial charge on any atom is 0.410 e. The number of nitrogens with zero attached hydrogens (tertiary/aromatic N) is 2. The van der Waals surface area contributed by atoms with Crippen molar-refractivity contribution in [3.05, 3.63) is 35.6 Å². The number of nitrogens with one attached hydrogen (secondary N) is 1. The summed E-state index contributed by atoms with van der Waals surface area (Å²) >= 11 is 6.24. The molecule has 0 aliphatic heterocycles. The number of hydrogen-bond acceptors (Lipinski definition) is 5. The predicted molar refractivity (Wildman–Crippen MR) is 102 cm³/mol. The van der Waals surface area contributed by atoms with Gasteiger partial charge in [0.25, 0.3) is 0 Å². The predicted octanol–water partition coefficient (Wildman–Crippen LogP) is 4.03. The quantitative estimate of drug-likeness (QED) is 0.627. The lowest BCUT2D eigenvalue weighted by Gasteiger charge is -2.26. The minimum absolute atomic E-state index is 0.209. The van der Waals surface area contributed by atoms with Crippen molar-refractivity contribution in [1.82, 2.24) is 9.97 Å². The molecule has 7 nitrogen and oxygen atoms in total. The Labute approximate surface area is 157 Å². The van der Waals surface area contributed by atoms with Gasteiger partial charge in [-0.25, -0.2) is 14.8 Å². The Morgan fingerprint density at radius 3 is 2.77 bits per heavy atom. The molecule has 0 bridgehead atoms. The molecule has 2 heterocycles. The third-order valence-electron chi connectivity index (χ3n) is 3.54. The van der Waals surface area contributed by atoms with Crippen molar-refractivity contribution in [2.24, 2.45) is 11.7 Å². The molecule has 4 N–H and O–H groups in total. The van der Waals surface area contributed by atoms with E-state index in [1.54, 1.807) is 24.3 Å². The zero-order valence-electron chi connectivity index (χ0n) is 15.0. The minimum Gasteiger partial charge on any atom is -0.488 e. The van der Waals surface area contributed by atoms with Gasteiger partial charge in [-0.15, -0.1) is 0 Å². The topological polar surface area (TPSA) is 110 Å². The van der Waals surface area contributed by atoms with Gasteiger partial charge in [-0.05, 0) is 43.5 Å². The summed E-state index contributed by atoms with van der Waals surface area (Å²) in [4.78, 5) is 19.0. The number of ether oxygens (including phenoxy) is 1. The molecule has 1 unspecified atom stereocenters. The van der Waals surface area contributed by atoms with E-state index < -0.39 is 11.6 Å². The second-order valence-electron chi connectivity index (χ2n) is 6.89. The van der Waals surface area contributed by atoms with Crippen LogP contribution in [0, 0.1) is 5.92 Å². The summed E-state index contributed by atoms with van der Waals surface area (Å²) in [5.74, 6) is 1.12. The normalized spacial score (nSPS) is 13.3. The fourth-order valence-electron chi connectivity index (χ4n) is 2.69. The first-order valence-corrected chi connectivity index (χ1v) is 8.59. The van der Waals surface area contributed by atoms with Crippen LogP contribution in [-0.4, -0.2) is 33.3 Å². The Morgan fingerprint density at radius 2 is 2.15 bits per heavy atom. The number of aromatic nitrogens is 2. The number of pyridine rings is 2. The summed E-state index contributed by atoms with van der Waals surface area (Å²) in [5.41, 5.74) is 7.04. The highest BCUT2D eigenvalue weighted by Gasteiger charge is 2.21. The molecule has 2 rings (SSSR count). The first-order chi connectivity index (χ1) is 12.2. The molecule has 0 spiro atoms. The lowest BCUT2D eigenvalue weighted by molar-refractivity contribution is 0.206. The first kappa shape index (κ1) is 19.9. The molecule has 2 aromatic heterocycles. The first-order valence-electron chi connectivity index (χ1n) is 8.21. The summed E-state index contributed by atoms with van der Waals surface area (Å²) in [6.45, 7) is 6.48. The summed E-state index contributed by atoms with van der Waals surface area (Å²) in [6, 6.07) is 6.76. The molecule has 0 aliphatic rings. The molecule has 1 amide bonds. The summed E-state index contributed by atoms with van der Waals surface area (Å²) in [5, 5.41) is 11.2. The summed E-state index contributed by atoms with van der Waals surface area (Å²) in [6.07, 6.45) is 1.13. The Morgan fingerprint density at radius 1 is 1.42 bits per heavy atom. The highest BCUT2D eigenvalue weighted by atomic mass is 35.5. The van der Waals surface area contributed by atoms with Crippen molar-refractivity contribution in [1.29, 1.82) is 0 Å². The molecule has 2 aromatic rings. The van der Waals surface area contributed by atoms with Gasteiger partial charge in [0.2, 0.25) is 0 Å². The van der Waals surface area contributed by atoms with Crippen molar-refractivity contribution in [2.45, 2.75) is 32.7 Å². The van der Waals surface area contributed by atoms with Gasteiger partial charge >= 0.3 is 6.09 Å². The zero-order valence-corrected chi connectivity index (χ0v) is 15.7. The monoisotopic (exact) mass is 378 g/mol. The SMILES string of the molecule is CC(C)CC(C)(N)COc1ccc(-c2ccnc(NC(=O)O)c2)nc1Cl. The highest BCUT2D eigenvalue weighted by Crippen LogP contribution is 2.28. The van der Waals surface area contributed by atoms with Crippen molar-refractivity contribution in [3.8, 4) is 17.0 Å². The molecule has 0 saturated heterocycles. The lowest BCUT2D eigenvalue weighted by atomic mass is 9.93. The van der Waals surface area contributed by atoms with Crippen LogP contribution >= 0.6 is 11.6 Å². The third kappa shape index (κ3) is 5.86. The van der Waals surface area contributed by atoms with Crippen molar-refractivity contribution in [2.75, 3.05) is 11.9 Å². The van der Waals surface area contributed by atoms with E-state index in [-0.39, 0.29) is 11.0 Å². The Bertz CT molecular complexity index is 781. The number of amides is 1. The van der Waals surface area contributed by atoms with Crippen LogP contribution in [0.3, 0.4) is 0 Å². The molecule has 8 heteroatoms. The van der Waals surface area contributed by atoms with E-state index in [0.717, 1.165) is 6.42 Å². The van der Waals surface area contributed by atoms with Gasteiger partial charge < -0.3 is 15.6 Å². The van der Waals surface area contributed by atoms with Gasteiger partial charge in [-0.1, -0.05) is 25.4 Å². The van der Waals surface area contributed by atoms with Crippen LogP contribution in [0.25, 0.3) is 11.3 Å². The fourth-order valence-corrected chi connectivity index (χ4v) is 2.90. The molecular formula is C18H23ClN4O3. The van der Waals surface area contributed by atoms with E-state index in [1.807, 2.05) is 6.92 Å². The van der Waals surface area contributed by atoms with E-state index in [1.165, 1.54) is 6.20 Å². The molecule has 140 valence electrons. The smallest absolute Gasteiger partial charge is 0.410 e. The van der Waals surface area contributed by atoms with Crippen LogP contribution in [-0.2, 0) is 0 Å². The Hall–Kier alpha value is -2.38. The summed E-state index contributed by atoms with van der Waals surface area (Å²) < 4.78 is 5.75. The number of carboxylic acid groups (broad SMARTS) is 1. The number of halogens is 1. The molecular weight excluding hydrogens is 356 g/mol. The van der Waals surface area contributed by atoms with Crippen molar-refractivity contribution >= 4 is 23.5 Å². The van der Waals surface area contributed by atoms with E-state index in [4.69, 9.17) is 27.2 Å². The van der Waals surface area contributed by atoms with Gasteiger partial charge in [0.05, 0.1) is 5.69 Å². The average Bonchev–Trinajstić information content (AvgIpc) is 2.52. The van der Waals surface area contributed by atoms with Gasteiger partial charge in [0, 0.05) is 17.3 Å². The average molecular weight is 379 g/mol. The van der Waals surface area contributed by atoms with Crippen molar-refractivity contribution in [3.63, 3.8) is 0 Å². The van der Waals surface area contributed by atoms with E-state index in [0.29, 0.717) is 29.5 Å². The number of hydrogen-bond donors (Lipinski definition) is 3. The van der Waals surface area contributed by atoms with Crippen LogP contribution in [0.2, 0.25) is 5.15 Å². The molecule has 0 radical (unpaired) electrons. The van der Waals surface area contributed by atoms with E-state index in [2.05, 4.69) is 29.1 Å². The zero-order chi connectivity index (χ0) is 19.3. The number of rotatable bonds is 7. The maximum atomic E-state index is 10.7. The van der Waals surface area contributed by atoms with Crippen LogP contribution in [0.15, 0.2) is 30.5 Å². The Kier molecular flexibility index (Phi) is 6.39. The summed E-state index contributed by atoms with van der Waals surface area (Å²) in [7, 11) is 0. The highest BCUT2D eigenvalue weighted by molar-refractivity contribution is 6.31. The number of anilines is 1. The molecule has 0 saturated carbocycles. The molecule has 26 heavy (non-hydrogen) atoms. The molecule has 0 fully saturated rings. The largest absolute Gasteiger partial charge is 0.488 e. The standard InChI is InChI=1S/C18H23ClN4O3/c1-11(2)9-18(3,20)10-26-14-5-4-13(22-16(14)19)12-6-7-21-15(8-12)23-17(24)25/h4-8,11H,9-10,20H2,1-3H3,(H,21,23)(H,24,25). The van der Waals surface area contributed by atoms with Crippen LogP contribution in [0.1, 0.15) is 27.2 Å². The molecule has 0 aromatic carbocycles. The van der Waals surface area contributed by atoms with E-state index >= 15 is 0 Å². The van der Waals surface area contributed by atoms with Gasteiger partial charge in [-0.3, -0.25) is 5.32 Å². The number of carbonyl (C=O) groups is 1. The van der Waals surface area contributed by atoms with Crippen LogP contribution < -0.4 is 15.8 Å². The van der Waals surface area contributed by atoms with Crippen LogP contribution in [0.4, 0.5) is 10.6 Å². The van der Waals surface area contributed by atoms with Crippen molar-refractivity contribution < 1.29 is 14.6 Å². The minimum atomic E-state index is -1.18. The molecule has 0 aliphatic carbocycles. The van der Waals surface area contributed by atoms with E-state index in [9.17, 15) is 4.79 Å². The van der Waals surface area contributed by atoms with Crippen LogP contribution in [0.5, 0.6) is 5.75 Å². The Balaban J connectivity index is 2.13. The second-order valence-corrected chi connectivity index (χ2v) is 7.24. The van der Waals surface area contributed by atoms with Gasteiger partial charge in [-0.2, -0.15) is 0 Å². The third-order valence-corrected chi connectivity index (χ3v) is 3.81.